The Balaban J connectivity index is 1.78. The maximum Gasteiger partial charge on any atom is 0.416 e. The largest absolute Gasteiger partial charge is 0.416 e. The van der Waals surface area contributed by atoms with Gasteiger partial charge in [0, 0.05) is 40.3 Å². The normalized spacial score (nSPS) is 14.6. The van der Waals surface area contributed by atoms with Crippen molar-refractivity contribution in [3.05, 3.63) is 86.7 Å². The number of halogens is 3. The number of non-ortho nitro benzene ring substituents is 1. The van der Waals surface area contributed by atoms with Crippen molar-refractivity contribution < 1.29 is 22.9 Å². The van der Waals surface area contributed by atoms with Crippen LogP contribution in [0.1, 0.15) is 28.1 Å². The SMILES string of the molecule is Cc1cc(/C=C2/C(=O)Nc3cc(C(F)(F)F)ccc32)c(C)n1-c1cccc([N+](=O)[O-])c1. The van der Waals surface area contributed by atoms with Gasteiger partial charge in [0.15, 0.2) is 0 Å². The molecule has 1 aliphatic rings. The first kappa shape index (κ1) is 20.4. The van der Waals surface area contributed by atoms with Crippen LogP contribution < -0.4 is 5.32 Å². The summed E-state index contributed by atoms with van der Waals surface area (Å²) in [7, 11) is 0. The summed E-state index contributed by atoms with van der Waals surface area (Å²) in [6, 6.07) is 11.1. The molecule has 2 heterocycles. The minimum Gasteiger partial charge on any atom is -0.321 e. The van der Waals surface area contributed by atoms with Crippen molar-refractivity contribution in [1.82, 2.24) is 4.57 Å². The van der Waals surface area contributed by atoms with Crippen LogP contribution in [0, 0.1) is 24.0 Å². The lowest BCUT2D eigenvalue weighted by atomic mass is 10.0. The minimum absolute atomic E-state index is 0.0468. The Morgan fingerprint density at radius 1 is 1.10 bits per heavy atom. The number of hydrogen-bond donors (Lipinski definition) is 1. The van der Waals surface area contributed by atoms with E-state index in [2.05, 4.69) is 5.32 Å². The van der Waals surface area contributed by atoms with Gasteiger partial charge in [0.25, 0.3) is 11.6 Å². The molecule has 0 fully saturated rings. The number of alkyl halides is 3. The fraction of sp³-hybridized carbons (Fsp3) is 0.136. The number of carbonyl (C=O) groups is 1. The van der Waals surface area contributed by atoms with Gasteiger partial charge in [-0.3, -0.25) is 14.9 Å². The molecule has 0 bridgehead atoms. The van der Waals surface area contributed by atoms with E-state index in [1.54, 1.807) is 25.1 Å². The lowest BCUT2D eigenvalue weighted by molar-refractivity contribution is -0.384. The Labute approximate surface area is 174 Å². The fourth-order valence-corrected chi connectivity index (χ4v) is 3.75. The van der Waals surface area contributed by atoms with Crippen LogP contribution in [0.5, 0.6) is 0 Å². The highest BCUT2D eigenvalue weighted by molar-refractivity contribution is 6.35. The third-order valence-corrected chi connectivity index (χ3v) is 5.20. The summed E-state index contributed by atoms with van der Waals surface area (Å²) in [6.45, 7) is 3.63. The van der Waals surface area contributed by atoms with Gasteiger partial charge in [0.05, 0.1) is 16.2 Å². The summed E-state index contributed by atoms with van der Waals surface area (Å²) in [6.07, 6.45) is -2.89. The number of hydrogen-bond acceptors (Lipinski definition) is 3. The van der Waals surface area contributed by atoms with Crippen LogP contribution in [-0.2, 0) is 11.0 Å². The Bertz CT molecular complexity index is 1270. The van der Waals surface area contributed by atoms with E-state index in [0.29, 0.717) is 16.8 Å². The Hall–Kier alpha value is -3.88. The molecule has 0 saturated carbocycles. The molecule has 4 rings (SSSR count). The van der Waals surface area contributed by atoms with E-state index in [-0.39, 0.29) is 16.9 Å². The van der Waals surface area contributed by atoms with Crippen molar-refractivity contribution in [3.63, 3.8) is 0 Å². The molecular weight excluding hydrogens is 411 g/mol. The number of aromatic nitrogens is 1. The number of anilines is 1. The molecule has 0 atom stereocenters. The number of carbonyl (C=O) groups excluding carboxylic acids is 1. The molecule has 158 valence electrons. The smallest absolute Gasteiger partial charge is 0.321 e. The summed E-state index contributed by atoms with van der Waals surface area (Å²) < 4.78 is 40.7. The van der Waals surface area contributed by atoms with Crippen molar-refractivity contribution >= 4 is 28.9 Å². The Morgan fingerprint density at radius 2 is 1.84 bits per heavy atom. The number of rotatable bonds is 3. The van der Waals surface area contributed by atoms with Crippen LogP contribution in [0.3, 0.4) is 0 Å². The van der Waals surface area contributed by atoms with Crippen LogP contribution in [0.15, 0.2) is 48.5 Å². The number of nitrogens with one attached hydrogen (secondary N) is 1. The van der Waals surface area contributed by atoms with E-state index in [4.69, 9.17) is 0 Å². The Kier molecular flexibility index (Phi) is 4.68. The van der Waals surface area contributed by atoms with E-state index >= 15 is 0 Å². The predicted octanol–water partition coefficient (Wildman–Crippen LogP) is 5.51. The highest BCUT2D eigenvalue weighted by atomic mass is 19.4. The van der Waals surface area contributed by atoms with Gasteiger partial charge in [-0.05, 0) is 49.8 Å². The molecule has 31 heavy (non-hydrogen) atoms. The quantitative estimate of drug-likeness (QED) is 0.340. The molecule has 6 nitrogen and oxygen atoms in total. The molecule has 1 aromatic heterocycles. The molecule has 0 unspecified atom stereocenters. The van der Waals surface area contributed by atoms with Crippen LogP contribution in [0.4, 0.5) is 24.5 Å². The minimum atomic E-state index is -4.50. The Morgan fingerprint density at radius 3 is 2.52 bits per heavy atom. The highest BCUT2D eigenvalue weighted by Crippen LogP contribution is 2.39. The molecule has 9 heteroatoms. The molecule has 0 radical (unpaired) electrons. The molecule has 1 amide bonds. The lowest BCUT2D eigenvalue weighted by Crippen LogP contribution is -2.06. The third kappa shape index (κ3) is 3.58. The monoisotopic (exact) mass is 427 g/mol. The van der Waals surface area contributed by atoms with E-state index in [9.17, 15) is 28.1 Å². The van der Waals surface area contributed by atoms with Crippen LogP contribution in [0.2, 0.25) is 0 Å². The first-order valence-corrected chi connectivity index (χ1v) is 9.24. The zero-order chi connectivity index (χ0) is 22.5. The first-order valence-electron chi connectivity index (χ1n) is 9.24. The van der Waals surface area contributed by atoms with Gasteiger partial charge in [-0.1, -0.05) is 12.1 Å². The summed E-state index contributed by atoms with van der Waals surface area (Å²) >= 11 is 0. The summed E-state index contributed by atoms with van der Waals surface area (Å²) in [5.74, 6) is -0.491. The highest BCUT2D eigenvalue weighted by Gasteiger charge is 2.33. The van der Waals surface area contributed by atoms with E-state index in [0.717, 1.165) is 23.5 Å². The molecule has 0 aliphatic carbocycles. The van der Waals surface area contributed by atoms with Crippen molar-refractivity contribution in [3.8, 4) is 5.69 Å². The summed E-state index contributed by atoms with van der Waals surface area (Å²) in [5.41, 5.74) is 2.67. The topological polar surface area (TPSA) is 77.2 Å². The van der Waals surface area contributed by atoms with Crippen molar-refractivity contribution in [2.45, 2.75) is 20.0 Å². The van der Waals surface area contributed by atoms with Gasteiger partial charge < -0.3 is 9.88 Å². The predicted molar refractivity (Wildman–Crippen MR) is 110 cm³/mol. The second-order valence-corrected chi connectivity index (χ2v) is 7.21. The average molecular weight is 427 g/mol. The molecule has 1 aliphatic heterocycles. The summed E-state index contributed by atoms with van der Waals surface area (Å²) in [5, 5.41) is 13.6. The van der Waals surface area contributed by atoms with E-state index in [1.807, 2.05) is 17.6 Å². The van der Waals surface area contributed by atoms with Gasteiger partial charge in [0.1, 0.15) is 0 Å². The molecule has 2 aromatic carbocycles. The fourth-order valence-electron chi connectivity index (χ4n) is 3.75. The van der Waals surface area contributed by atoms with Gasteiger partial charge in [-0.25, -0.2) is 0 Å². The standard InChI is InChI=1S/C22H16F3N3O3/c1-12-8-14(13(2)27(12)16-4-3-5-17(11-16)28(30)31)9-19-18-7-6-15(22(23,24)25)10-20(18)26-21(19)29/h3-11H,1-2H3,(H,26,29)/b19-9+. The number of nitrogens with zero attached hydrogens (tertiary/aromatic N) is 2. The molecule has 0 spiro atoms. The average Bonchev–Trinajstić information content (AvgIpc) is 3.16. The maximum absolute atomic E-state index is 13.0. The van der Waals surface area contributed by atoms with E-state index < -0.39 is 22.6 Å². The number of nitro groups is 1. The first-order chi connectivity index (χ1) is 14.6. The van der Waals surface area contributed by atoms with Crippen LogP contribution in [0.25, 0.3) is 17.3 Å². The number of fused-ring (bicyclic) bond motifs is 1. The van der Waals surface area contributed by atoms with Crippen molar-refractivity contribution in [2.24, 2.45) is 0 Å². The zero-order valence-electron chi connectivity index (χ0n) is 16.4. The lowest BCUT2D eigenvalue weighted by Gasteiger charge is -2.09. The number of amides is 1. The summed E-state index contributed by atoms with van der Waals surface area (Å²) in [4.78, 5) is 23.1. The van der Waals surface area contributed by atoms with Crippen molar-refractivity contribution in [1.29, 1.82) is 0 Å². The second kappa shape index (κ2) is 7.12. The van der Waals surface area contributed by atoms with Gasteiger partial charge in [0.2, 0.25) is 0 Å². The molecule has 3 aromatic rings. The number of nitro benzene ring substituents is 1. The second-order valence-electron chi connectivity index (χ2n) is 7.21. The number of benzene rings is 2. The van der Waals surface area contributed by atoms with Crippen LogP contribution in [-0.4, -0.2) is 15.4 Å². The number of aryl methyl sites for hydroxylation is 1. The van der Waals surface area contributed by atoms with Crippen LogP contribution >= 0.6 is 0 Å². The van der Waals surface area contributed by atoms with Gasteiger partial charge in [-0.2, -0.15) is 13.2 Å². The maximum atomic E-state index is 13.0. The van der Waals surface area contributed by atoms with Gasteiger partial charge in [-0.15, -0.1) is 0 Å². The van der Waals surface area contributed by atoms with Crippen molar-refractivity contribution in [2.75, 3.05) is 5.32 Å². The molecular formula is C22H16F3N3O3. The van der Waals surface area contributed by atoms with E-state index in [1.165, 1.54) is 18.2 Å². The zero-order valence-corrected chi connectivity index (χ0v) is 16.4. The molecule has 1 N–H and O–H groups in total. The third-order valence-electron chi connectivity index (χ3n) is 5.20. The van der Waals surface area contributed by atoms with Gasteiger partial charge >= 0.3 is 6.18 Å². The molecule has 0 saturated heterocycles.